The van der Waals surface area contributed by atoms with Crippen LogP contribution in [0.1, 0.15) is 26.3 Å². The Morgan fingerprint density at radius 1 is 1.35 bits per heavy atom. The first-order chi connectivity index (χ1) is 9.28. The Bertz CT molecular complexity index is 429. The Balaban J connectivity index is 1.92. The van der Waals surface area contributed by atoms with Gasteiger partial charge in [0.05, 0.1) is 18.3 Å². The van der Waals surface area contributed by atoms with Crippen molar-refractivity contribution in [3.05, 3.63) is 35.9 Å². The van der Waals surface area contributed by atoms with Crippen LogP contribution in [0.2, 0.25) is 0 Å². The lowest BCUT2D eigenvalue weighted by Crippen LogP contribution is -2.40. The molecule has 1 N–H and O–H groups in total. The average molecular weight is 279 g/mol. The Labute approximate surface area is 121 Å². The number of benzene rings is 1. The van der Waals surface area contributed by atoms with E-state index in [9.17, 15) is 5.11 Å². The minimum Gasteiger partial charge on any atom is -0.389 e. The third-order valence-corrected chi connectivity index (χ3v) is 3.41. The number of nitrogens with zero attached hydrogens (tertiary/aromatic N) is 1. The van der Waals surface area contributed by atoms with Crippen LogP contribution >= 0.6 is 0 Å². The van der Waals surface area contributed by atoms with Gasteiger partial charge in [0, 0.05) is 18.7 Å². The zero-order valence-electron chi connectivity index (χ0n) is 12.8. The summed E-state index contributed by atoms with van der Waals surface area (Å²) in [5.74, 6) is -0.665. The van der Waals surface area contributed by atoms with E-state index < -0.39 is 11.4 Å². The topological polar surface area (TPSA) is 41.9 Å². The molecular formula is C16H25NO3. The summed E-state index contributed by atoms with van der Waals surface area (Å²) < 4.78 is 11.9. The standard InChI is InChI=1S/C16H25NO3/c1-15(2,18)12-17(4)10-14-11-19-16(3,20-14)13-8-6-5-7-9-13/h5-9,14,18H,10-12H2,1-4H3. The fourth-order valence-corrected chi connectivity index (χ4v) is 2.69. The summed E-state index contributed by atoms with van der Waals surface area (Å²) in [5.41, 5.74) is 0.337. The molecule has 0 aliphatic carbocycles. The van der Waals surface area contributed by atoms with Crippen molar-refractivity contribution >= 4 is 0 Å². The summed E-state index contributed by atoms with van der Waals surface area (Å²) in [6.07, 6.45) is 0.0209. The van der Waals surface area contributed by atoms with Gasteiger partial charge in [0.2, 0.25) is 0 Å². The molecule has 1 saturated heterocycles. The summed E-state index contributed by atoms with van der Waals surface area (Å²) in [7, 11) is 1.99. The van der Waals surface area contributed by atoms with Crippen LogP contribution in [-0.4, -0.2) is 48.5 Å². The molecule has 1 aromatic carbocycles. The molecule has 1 fully saturated rings. The Morgan fingerprint density at radius 3 is 2.60 bits per heavy atom. The molecule has 0 bridgehead atoms. The molecule has 0 amide bonds. The number of likely N-dealkylation sites (N-methyl/N-ethyl adjacent to an activating group) is 1. The minimum atomic E-state index is -0.697. The van der Waals surface area contributed by atoms with Gasteiger partial charge in [-0.1, -0.05) is 30.3 Å². The molecule has 20 heavy (non-hydrogen) atoms. The highest BCUT2D eigenvalue weighted by atomic mass is 16.7. The predicted octanol–water partition coefficient (Wildman–Crippen LogP) is 1.98. The molecule has 0 spiro atoms. The second-order valence-electron chi connectivity index (χ2n) is 6.37. The Hall–Kier alpha value is -0.940. The second kappa shape index (κ2) is 5.82. The zero-order chi connectivity index (χ0) is 14.8. The molecule has 0 saturated carbocycles. The summed E-state index contributed by atoms with van der Waals surface area (Å²) >= 11 is 0. The van der Waals surface area contributed by atoms with Crippen molar-refractivity contribution in [3.8, 4) is 0 Å². The predicted molar refractivity (Wildman–Crippen MR) is 78.4 cm³/mol. The maximum absolute atomic E-state index is 9.83. The van der Waals surface area contributed by atoms with Crippen LogP contribution in [0, 0.1) is 0 Å². The SMILES string of the molecule is CN(CC1COC(C)(c2ccccc2)O1)CC(C)(C)O. The first-order valence-corrected chi connectivity index (χ1v) is 7.07. The van der Waals surface area contributed by atoms with Crippen LogP contribution in [0.15, 0.2) is 30.3 Å². The zero-order valence-corrected chi connectivity index (χ0v) is 12.8. The lowest BCUT2D eigenvalue weighted by atomic mass is 10.1. The van der Waals surface area contributed by atoms with Crippen molar-refractivity contribution in [3.63, 3.8) is 0 Å². The van der Waals surface area contributed by atoms with Gasteiger partial charge in [-0.3, -0.25) is 0 Å². The lowest BCUT2D eigenvalue weighted by molar-refractivity contribution is -0.163. The highest BCUT2D eigenvalue weighted by molar-refractivity contribution is 5.20. The summed E-state index contributed by atoms with van der Waals surface area (Å²) in [6.45, 7) is 7.49. The van der Waals surface area contributed by atoms with Gasteiger partial charge in [-0.05, 0) is 27.8 Å². The van der Waals surface area contributed by atoms with E-state index in [0.29, 0.717) is 13.2 Å². The van der Waals surface area contributed by atoms with Crippen molar-refractivity contribution in [2.75, 3.05) is 26.7 Å². The van der Waals surface area contributed by atoms with Gasteiger partial charge in [0.1, 0.15) is 0 Å². The molecule has 1 aliphatic rings. The Morgan fingerprint density at radius 2 is 2.00 bits per heavy atom. The quantitative estimate of drug-likeness (QED) is 0.895. The van der Waals surface area contributed by atoms with E-state index in [0.717, 1.165) is 12.1 Å². The molecule has 0 aromatic heterocycles. The maximum atomic E-state index is 9.83. The summed E-state index contributed by atoms with van der Waals surface area (Å²) in [4.78, 5) is 2.07. The normalized spacial score (nSPS) is 27.2. The van der Waals surface area contributed by atoms with E-state index in [1.807, 2.05) is 58.2 Å². The lowest BCUT2D eigenvalue weighted by Gasteiger charge is -2.28. The maximum Gasteiger partial charge on any atom is 0.192 e. The number of aliphatic hydroxyl groups is 1. The van der Waals surface area contributed by atoms with Crippen molar-refractivity contribution in [2.45, 2.75) is 38.3 Å². The van der Waals surface area contributed by atoms with Crippen LogP contribution in [-0.2, 0) is 15.3 Å². The van der Waals surface area contributed by atoms with Crippen LogP contribution in [0.4, 0.5) is 0 Å². The van der Waals surface area contributed by atoms with Gasteiger partial charge in [0.25, 0.3) is 0 Å². The average Bonchev–Trinajstić information content (AvgIpc) is 2.71. The van der Waals surface area contributed by atoms with E-state index in [4.69, 9.17) is 9.47 Å². The molecule has 1 aromatic rings. The third-order valence-electron chi connectivity index (χ3n) is 3.41. The van der Waals surface area contributed by atoms with Crippen molar-refractivity contribution < 1.29 is 14.6 Å². The third kappa shape index (κ3) is 4.03. The summed E-state index contributed by atoms with van der Waals surface area (Å²) in [5, 5.41) is 9.83. The van der Waals surface area contributed by atoms with Crippen LogP contribution in [0.25, 0.3) is 0 Å². The van der Waals surface area contributed by atoms with Crippen molar-refractivity contribution in [1.29, 1.82) is 0 Å². The number of rotatable bonds is 5. The van der Waals surface area contributed by atoms with Crippen LogP contribution in [0.3, 0.4) is 0 Å². The fourth-order valence-electron chi connectivity index (χ4n) is 2.69. The first kappa shape index (κ1) is 15.4. The van der Waals surface area contributed by atoms with Gasteiger partial charge in [0.15, 0.2) is 5.79 Å². The van der Waals surface area contributed by atoms with Gasteiger partial charge in [-0.2, -0.15) is 0 Å². The summed E-state index contributed by atoms with van der Waals surface area (Å²) in [6, 6.07) is 9.99. The monoisotopic (exact) mass is 279 g/mol. The molecule has 2 atom stereocenters. The molecule has 2 rings (SSSR count). The van der Waals surface area contributed by atoms with Gasteiger partial charge >= 0.3 is 0 Å². The van der Waals surface area contributed by atoms with Crippen molar-refractivity contribution in [2.24, 2.45) is 0 Å². The van der Waals surface area contributed by atoms with Crippen LogP contribution in [0.5, 0.6) is 0 Å². The van der Waals surface area contributed by atoms with Gasteiger partial charge in [-0.25, -0.2) is 0 Å². The largest absolute Gasteiger partial charge is 0.389 e. The molecule has 112 valence electrons. The minimum absolute atomic E-state index is 0.0209. The first-order valence-electron chi connectivity index (χ1n) is 7.07. The molecule has 2 unspecified atom stereocenters. The molecule has 1 aliphatic heterocycles. The van der Waals surface area contributed by atoms with E-state index >= 15 is 0 Å². The molecule has 4 nitrogen and oxygen atoms in total. The second-order valence-corrected chi connectivity index (χ2v) is 6.37. The van der Waals surface area contributed by atoms with Crippen LogP contribution < -0.4 is 0 Å². The molecule has 4 heteroatoms. The van der Waals surface area contributed by atoms with Gasteiger partial charge < -0.3 is 19.5 Å². The van der Waals surface area contributed by atoms with E-state index in [2.05, 4.69) is 4.90 Å². The van der Waals surface area contributed by atoms with E-state index in [1.54, 1.807) is 0 Å². The smallest absolute Gasteiger partial charge is 0.192 e. The molecular weight excluding hydrogens is 254 g/mol. The number of hydrogen-bond acceptors (Lipinski definition) is 4. The van der Waals surface area contributed by atoms with Gasteiger partial charge in [-0.15, -0.1) is 0 Å². The molecule has 1 heterocycles. The number of hydrogen-bond donors (Lipinski definition) is 1. The Kier molecular flexibility index (Phi) is 4.49. The van der Waals surface area contributed by atoms with Crippen molar-refractivity contribution in [1.82, 2.24) is 4.90 Å². The highest BCUT2D eigenvalue weighted by Crippen LogP contribution is 2.33. The number of ether oxygens (including phenoxy) is 2. The molecule has 0 radical (unpaired) electrons. The van der Waals surface area contributed by atoms with E-state index in [-0.39, 0.29) is 6.10 Å². The fraction of sp³-hybridized carbons (Fsp3) is 0.625. The van der Waals surface area contributed by atoms with E-state index in [1.165, 1.54) is 0 Å². The highest BCUT2D eigenvalue weighted by Gasteiger charge is 2.39.